The van der Waals surface area contributed by atoms with Crippen molar-refractivity contribution in [1.29, 1.82) is 0 Å². The predicted octanol–water partition coefficient (Wildman–Crippen LogP) is 11.9. The zero-order chi connectivity index (χ0) is 33.5. The van der Waals surface area contributed by atoms with Crippen LogP contribution in [0.5, 0.6) is 0 Å². The molecule has 7 aromatic carbocycles. The van der Waals surface area contributed by atoms with Crippen molar-refractivity contribution in [2.24, 2.45) is 0 Å². The van der Waals surface area contributed by atoms with Gasteiger partial charge in [0.25, 0.3) is 0 Å². The Hall–Kier alpha value is -6.98. The first kappa shape index (κ1) is 27.9. The highest BCUT2D eigenvalue weighted by Crippen LogP contribution is 2.41. The van der Waals surface area contributed by atoms with Crippen LogP contribution in [0.15, 0.2) is 174 Å². The molecule has 5 nitrogen and oxygen atoms in total. The van der Waals surface area contributed by atoms with Crippen LogP contribution in [0.25, 0.3) is 99.7 Å². The van der Waals surface area contributed by atoms with Crippen LogP contribution in [-0.4, -0.2) is 19.1 Å². The van der Waals surface area contributed by atoms with Crippen molar-refractivity contribution in [2.45, 2.75) is 0 Å². The van der Waals surface area contributed by atoms with E-state index in [1.165, 1.54) is 16.3 Å². The Balaban J connectivity index is 1.20. The van der Waals surface area contributed by atoms with Gasteiger partial charge in [-0.05, 0) is 48.5 Å². The Morgan fingerprint density at radius 2 is 0.843 bits per heavy atom. The Kier molecular flexibility index (Phi) is 5.89. The summed E-state index contributed by atoms with van der Waals surface area (Å²) in [6.07, 6.45) is 0. The molecule has 0 spiro atoms. The number of benzene rings is 7. The Morgan fingerprint density at radius 1 is 0.353 bits per heavy atom. The molecule has 0 saturated carbocycles. The van der Waals surface area contributed by atoms with Crippen molar-refractivity contribution in [3.8, 4) is 34.2 Å². The zero-order valence-corrected chi connectivity index (χ0v) is 27.4. The molecule has 4 aromatic heterocycles. The van der Waals surface area contributed by atoms with Gasteiger partial charge in [0.2, 0.25) is 5.95 Å². The molecular weight excluding hydrogens is 625 g/mol. The molecule has 5 heteroatoms. The average molecular weight is 653 g/mol. The summed E-state index contributed by atoms with van der Waals surface area (Å²) in [5, 5.41) is 6.80. The highest BCUT2D eigenvalue weighted by Gasteiger charge is 2.21. The largest absolute Gasteiger partial charge is 0.456 e. The molecule has 11 rings (SSSR count). The summed E-state index contributed by atoms with van der Waals surface area (Å²) in [6.45, 7) is 0. The van der Waals surface area contributed by atoms with Crippen LogP contribution in [0.4, 0.5) is 0 Å². The maximum Gasteiger partial charge on any atom is 0.235 e. The number of nitrogens with zero attached hydrogens (tertiary/aromatic N) is 4. The third kappa shape index (κ3) is 4.22. The Morgan fingerprint density at radius 3 is 1.49 bits per heavy atom. The molecule has 0 fully saturated rings. The summed E-state index contributed by atoms with van der Waals surface area (Å²) in [5.74, 6) is 0.617. The van der Waals surface area contributed by atoms with Gasteiger partial charge in [-0.25, -0.2) is 9.97 Å². The molecular formula is C46H28N4O. The fourth-order valence-electron chi connectivity index (χ4n) is 7.82. The van der Waals surface area contributed by atoms with Crippen LogP contribution in [0.1, 0.15) is 0 Å². The van der Waals surface area contributed by atoms with Gasteiger partial charge >= 0.3 is 0 Å². The topological polar surface area (TPSA) is 48.8 Å². The second kappa shape index (κ2) is 10.8. The molecule has 0 N–H and O–H groups in total. The fourth-order valence-corrected chi connectivity index (χ4v) is 7.82. The molecule has 0 aliphatic heterocycles. The number of hydrogen-bond acceptors (Lipinski definition) is 3. The van der Waals surface area contributed by atoms with Crippen molar-refractivity contribution in [3.63, 3.8) is 0 Å². The van der Waals surface area contributed by atoms with E-state index in [2.05, 4.69) is 143 Å². The van der Waals surface area contributed by atoms with E-state index in [0.29, 0.717) is 5.95 Å². The fraction of sp³-hybridized carbons (Fsp3) is 0. The second-order valence-corrected chi connectivity index (χ2v) is 13.0. The van der Waals surface area contributed by atoms with E-state index < -0.39 is 0 Å². The predicted molar refractivity (Wildman–Crippen MR) is 209 cm³/mol. The molecule has 11 aromatic rings. The van der Waals surface area contributed by atoms with Crippen LogP contribution in [0.3, 0.4) is 0 Å². The smallest absolute Gasteiger partial charge is 0.235 e. The van der Waals surface area contributed by atoms with Crippen molar-refractivity contribution in [3.05, 3.63) is 170 Å². The van der Waals surface area contributed by atoms with Crippen molar-refractivity contribution in [2.75, 3.05) is 0 Å². The number of para-hydroxylation sites is 3. The monoisotopic (exact) mass is 652 g/mol. The molecule has 4 heterocycles. The zero-order valence-electron chi connectivity index (χ0n) is 27.4. The van der Waals surface area contributed by atoms with E-state index in [9.17, 15) is 0 Å². The molecule has 238 valence electrons. The molecule has 0 aliphatic carbocycles. The summed E-state index contributed by atoms with van der Waals surface area (Å²) in [7, 11) is 0. The SMILES string of the molecule is c1ccc(-c2cc(-c3ccccc3)nc(-n3c4ccccc4c4cc5c(cc43)oc3cc4c6ccccc6n(-c6ccccc6)c4cc35)n2)cc1. The van der Waals surface area contributed by atoms with Gasteiger partial charge in [0.15, 0.2) is 0 Å². The molecule has 0 amide bonds. The lowest BCUT2D eigenvalue weighted by atomic mass is 10.1. The van der Waals surface area contributed by atoms with Gasteiger partial charge in [0, 0.05) is 55.2 Å². The van der Waals surface area contributed by atoms with Crippen molar-refractivity contribution >= 4 is 65.6 Å². The van der Waals surface area contributed by atoms with Gasteiger partial charge in [-0.1, -0.05) is 115 Å². The lowest BCUT2D eigenvalue weighted by molar-refractivity contribution is 0.670. The van der Waals surface area contributed by atoms with E-state index in [0.717, 1.165) is 77.5 Å². The van der Waals surface area contributed by atoms with E-state index in [1.807, 2.05) is 36.4 Å². The summed E-state index contributed by atoms with van der Waals surface area (Å²) in [5.41, 5.74) is 11.0. The van der Waals surface area contributed by atoms with Crippen LogP contribution in [0.2, 0.25) is 0 Å². The number of fused-ring (bicyclic) bond motifs is 9. The van der Waals surface area contributed by atoms with Gasteiger partial charge in [-0.2, -0.15) is 0 Å². The van der Waals surface area contributed by atoms with Crippen LogP contribution in [0, 0.1) is 0 Å². The first-order valence-electron chi connectivity index (χ1n) is 17.2. The van der Waals surface area contributed by atoms with Crippen LogP contribution in [-0.2, 0) is 0 Å². The Labute approximate surface area is 292 Å². The summed E-state index contributed by atoms with van der Waals surface area (Å²) < 4.78 is 11.3. The minimum absolute atomic E-state index is 0.617. The van der Waals surface area contributed by atoms with Gasteiger partial charge < -0.3 is 8.98 Å². The van der Waals surface area contributed by atoms with E-state index in [1.54, 1.807) is 0 Å². The molecule has 0 aliphatic rings. The van der Waals surface area contributed by atoms with Gasteiger partial charge in [0.05, 0.1) is 33.5 Å². The lowest BCUT2D eigenvalue weighted by Crippen LogP contribution is -2.03. The van der Waals surface area contributed by atoms with Gasteiger partial charge in [-0.15, -0.1) is 0 Å². The molecule has 0 unspecified atom stereocenters. The second-order valence-electron chi connectivity index (χ2n) is 13.0. The van der Waals surface area contributed by atoms with Crippen LogP contribution >= 0.6 is 0 Å². The lowest BCUT2D eigenvalue weighted by Gasteiger charge is -2.11. The third-order valence-corrected chi connectivity index (χ3v) is 10.1. The quantitative estimate of drug-likeness (QED) is 0.190. The van der Waals surface area contributed by atoms with E-state index in [-0.39, 0.29) is 0 Å². The highest BCUT2D eigenvalue weighted by atomic mass is 16.3. The van der Waals surface area contributed by atoms with Crippen molar-refractivity contribution < 1.29 is 4.42 Å². The number of hydrogen-bond donors (Lipinski definition) is 0. The molecule has 0 radical (unpaired) electrons. The Bertz CT molecular complexity index is 3060. The highest BCUT2D eigenvalue weighted by molar-refractivity contribution is 6.21. The minimum atomic E-state index is 0.617. The van der Waals surface area contributed by atoms with Crippen LogP contribution < -0.4 is 0 Å². The summed E-state index contributed by atoms with van der Waals surface area (Å²) in [6, 6.07) is 59.4. The maximum absolute atomic E-state index is 6.74. The first-order chi connectivity index (χ1) is 25.3. The number of furan rings is 1. The molecule has 0 atom stereocenters. The number of rotatable bonds is 4. The average Bonchev–Trinajstić information content (AvgIpc) is 3.83. The molecule has 0 bridgehead atoms. The normalized spacial score (nSPS) is 11.9. The first-order valence-corrected chi connectivity index (χ1v) is 17.2. The standard InChI is InChI=1S/C46H28N4O/c1-4-14-29(15-5-1)38-27-39(30-16-6-2-7-17-30)48-46(47-38)50-41-23-13-11-20-32(41)34-24-36-37-25-42-35(26-44(37)51-45(36)28-43(34)50)33-21-10-12-22-40(33)49(42)31-18-8-3-9-19-31/h1-28H. The van der Waals surface area contributed by atoms with E-state index >= 15 is 0 Å². The van der Waals surface area contributed by atoms with Gasteiger partial charge in [-0.3, -0.25) is 4.57 Å². The summed E-state index contributed by atoms with van der Waals surface area (Å²) in [4.78, 5) is 10.4. The molecule has 51 heavy (non-hydrogen) atoms. The maximum atomic E-state index is 6.74. The third-order valence-electron chi connectivity index (χ3n) is 10.1. The van der Waals surface area contributed by atoms with E-state index in [4.69, 9.17) is 14.4 Å². The van der Waals surface area contributed by atoms with Gasteiger partial charge in [0.1, 0.15) is 11.2 Å². The van der Waals surface area contributed by atoms with Crippen molar-refractivity contribution in [1.82, 2.24) is 19.1 Å². The number of aromatic nitrogens is 4. The summed E-state index contributed by atoms with van der Waals surface area (Å²) >= 11 is 0. The minimum Gasteiger partial charge on any atom is -0.456 e. The molecule has 0 saturated heterocycles.